The lowest BCUT2D eigenvalue weighted by Gasteiger charge is -2.15. The van der Waals surface area contributed by atoms with Crippen LogP contribution in [0.2, 0.25) is 0 Å². The average molecular weight is 356 g/mol. The van der Waals surface area contributed by atoms with Crippen molar-refractivity contribution in [1.29, 1.82) is 0 Å². The van der Waals surface area contributed by atoms with Gasteiger partial charge in [0, 0.05) is 26.2 Å². The van der Waals surface area contributed by atoms with Crippen molar-refractivity contribution in [3.05, 3.63) is 58.7 Å². The van der Waals surface area contributed by atoms with Gasteiger partial charge in [-0.15, -0.1) is 0 Å². The molecule has 0 spiro atoms. The third-order valence-electron chi connectivity index (χ3n) is 4.53. The fourth-order valence-electron chi connectivity index (χ4n) is 2.55. The number of rotatable bonds is 8. The zero-order chi connectivity index (χ0) is 19.1. The Labute approximate surface area is 155 Å². The van der Waals surface area contributed by atoms with E-state index >= 15 is 0 Å². The smallest absolute Gasteiger partial charge is 0.0889 e. The van der Waals surface area contributed by atoms with Gasteiger partial charge in [-0.1, -0.05) is 32.0 Å². The van der Waals surface area contributed by atoms with Crippen molar-refractivity contribution >= 4 is 11.4 Å². The molecule has 0 radical (unpaired) electrons. The summed E-state index contributed by atoms with van der Waals surface area (Å²) in [6.45, 7) is 10.0. The van der Waals surface area contributed by atoms with E-state index in [0.29, 0.717) is 26.2 Å². The van der Waals surface area contributed by atoms with Crippen molar-refractivity contribution in [3.8, 4) is 0 Å². The van der Waals surface area contributed by atoms with E-state index in [9.17, 15) is 10.4 Å². The Hall–Kier alpha value is -2.12. The molecule has 6 heteroatoms. The lowest BCUT2D eigenvalue weighted by molar-refractivity contribution is -0.0949. The molecule has 0 heterocycles. The topological polar surface area (TPSA) is 71.7 Å². The highest BCUT2D eigenvalue weighted by Crippen LogP contribution is 2.27. The van der Waals surface area contributed by atoms with Crippen LogP contribution in [0.4, 0.5) is 11.4 Å². The second-order valence-corrected chi connectivity index (χ2v) is 6.32. The van der Waals surface area contributed by atoms with Crippen molar-refractivity contribution in [2.24, 2.45) is 10.2 Å². The highest BCUT2D eigenvalue weighted by molar-refractivity contribution is 5.52. The molecule has 0 aliphatic heterocycles. The highest BCUT2D eigenvalue weighted by Gasteiger charge is 2.08. The summed E-state index contributed by atoms with van der Waals surface area (Å²) >= 11 is 0. The summed E-state index contributed by atoms with van der Waals surface area (Å²) in [5, 5.41) is 30.5. The maximum Gasteiger partial charge on any atom is 0.0889 e. The van der Waals surface area contributed by atoms with Gasteiger partial charge in [-0.3, -0.25) is 0 Å². The van der Waals surface area contributed by atoms with Crippen molar-refractivity contribution in [1.82, 2.24) is 10.1 Å². The molecule has 2 N–H and O–H groups in total. The minimum atomic E-state index is 0.493. The first-order chi connectivity index (χ1) is 12.4. The van der Waals surface area contributed by atoms with Gasteiger partial charge < -0.3 is 10.4 Å². The Kier molecular flexibility index (Phi) is 7.41. The molecule has 0 bridgehead atoms. The average Bonchev–Trinajstić information content (AvgIpc) is 2.65. The summed E-state index contributed by atoms with van der Waals surface area (Å²) in [5.41, 5.74) is 5.87. The zero-order valence-electron chi connectivity index (χ0n) is 16.0. The SMILES string of the molecule is CCN(O)Cc1ccc(N=Nc2ccc(CN(O)CC)c(C)c2C)cc1. The number of nitrogens with zero attached hydrogens (tertiary/aromatic N) is 4. The Bertz CT molecular complexity index is 744. The molecule has 0 aliphatic carbocycles. The number of hydrogen-bond acceptors (Lipinski definition) is 6. The van der Waals surface area contributed by atoms with Crippen LogP contribution >= 0.6 is 0 Å². The van der Waals surface area contributed by atoms with Gasteiger partial charge >= 0.3 is 0 Å². The highest BCUT2D eigenvalue weighted by atomic mass is 16.5. The van der Waals surface area contributed by atoms with Gasteiger partial charge in [0.1, 0.15) is 0 Å². The molecule has 6 nitrogen and oxygen atoms in total. The first-order valence-corrected chi connectivity index (χ1v) is 8.92. The molecule has 0 saturated carbocycles. The molecule has 0 fully saturated rings. The van der Waals surface area contributed by atoms with Crippen LogP contribution in [-0.4, -0.2) is 33.6 Å². The van der Waals surface area contributed by atoms with Crippen molar-refractivity contribution < 1.29 is 10.4 Å². The van der Waals surface area contributed by atoms with E-state index < -0.39 is 0 Å². The van der Waals surface area contributed by atoms with Gasteiger partial charge in [0.05, 0.1) is 11.4 Å². The van der Waals surface area contributed by atoms with Crippen LogP contribution in [-0.2, 0) is 13.1 Å². The van der Waals surface area contributed by atoms with E-state index in [1.54, 1.807) is 0 Å². The quantitative estimate of drug-likeness (QED) is 0.507. The molecule has 0 saturated heterocycles. The maximum atomic E-state index is 9.71. The summed E-state index contributed by atoms with van der Waals surface area (Å²) in [5.74, 6) is 0. The molecular weight excluding hydrogens is 328 g/mol. The second kappa shape index (κ2) is 9.54. The van der Waals surface area contributed by atoms with E-state index in [1.807, 2.05) is 64.1 Å². The van der Waals surface area contributed by atoms with E-state index in [1.165, 1.54) is 10.1 Å². The maximum absolute atomic E-state index is 9.71. The number of hydrogen-bond donors (Lipinski definition) is 2. The Morgan fingerprint density at radius 3 is 2.00 bits per heavy atom. The molecule has 0 atom stereocenters. The molecule has 26 heavy (non-hydrogen) atoms. The monoisotopic (exact) mass is 356 g/mol. The summed E-state index contributed by atoms with van der Waals surface area (Å²) < 4.78 is 0. The van der Waals surface area contributed by atoms with Crippen molar-refractivity contribution in [3.63, 3.8) is 0 Å². The standard InChI is InChI=1S/C20H28N4O2/c1-5-23(25)13-17-7-10-19(11-8-17)21-22-20-12-9-18(14-24(26)6-2)15(3)16(20)4/h7-12,25-26H,5-6,13-14H2,1-4H3. The number of hydroxylamine groups is 4. The first-order valence-electron chi connectivity index (χ1n) is 8.92. The van der Waals surface area contributed by atoms with Crippen LogP contribution in [0.25, 0.3) is 0 Å². The van der Waals surface area contributed by atoms with Crippen molar-refractivity contribution in [2.75, 3.05) is 13.1 Å². The Morgan fingerprint density at radius 2 is 1.38 bits per heavy atom. The lowest BCUT2D eigenvalue weighted by Crippen LogP contribution is -2.18. The fourth-order valence-corrected chi connectivity index (χ4v) is 2.55. The normalized spacial score (nSPS) is 11.8. The Morgan fingerprint density at radius 1 is 0.769 bits per heavy atom. The molecule has 0 aliphatic rings. The largest absolute Gasteiger partial charge is 0.314 e. The van der Waals surface area contributed by atoms with Crippen LogP contribution in [0.1, 0.15) is 36.1 Å². The van der Waals surface area contributed by atoms with Crippen LogP contribution in [0, 0.1) is 13.8 Å². The molecule has 140 valence electrons. The van der Waals surface area contributed by atoms with Crippen LogP contribution in [0.15, 0.2) is 46.6 Å². The molecule has 2 aromatic rings. The molecule has 2 aromatic carbocycles. The van der Waals surface area contributed by atoms with E-state index in [4.69, 9.17) is 0 Å². The second-order valence-electron chi connectivity index (χ2n) is 6.32. The predicted octanol–water partition coefficient (Wildman–Crippen LogP) is 5.14. The lowest BCUT2D eigenvalue weighted by atomic mass is 10.0. The van der Waals surface area contributed by atoms with Gasteiger partial charge in [-0.25, -0.2) is 0 Å². The summed E-state index contributed by atoms with van der Waals surface area (Å²) in [4.78, 5) is 0. The molecule has 0 aromatic heterocycles. The fraction of sp³-hybridized carbons (Fsp3) is 0.400. The predicted molar refractivity (Wildman–Crippen MR) is 102 cm³/mol. The van der Waals surface area contributed by atoms with Crippen molar-refractivity contribution in [2.45, 2.75) is 40.8 Å². The summed E-state index contributed by atoms with van der Waals surface area (Å²) in [7, 11) is 0. The van der Waals surface area contributed by atoms with E-state index in [-0.39, 0.29) is 0 Å². The summed E-state index contributed by atoms with van der Waals surface area (Å²) in [6, 6.07) is 11.6. The minimum Gasteiger partial charge on any atom is -0.314 e. The third-order valence-corrected chi connectivity index (χ3v) is 4.53. The summed E-state index contributed by atoms with van der Waals surface area (Å²) in [6.07, 6.45) is 0. The van der Waals surface area contributed by atoms with Crippen LogP contribution in [0.5, 0.6) is 0 Å². The third kappa shape index (κ3) is 5.44. The molecular formula is C20H28N4O2. The van der Waals surface area contributed by atoms with Crippen LogP contribution < -0.4 is 0 Å². The van der Waals surface area contributed by atoms with Gasteiger partial charge in [-0.05, 0) is 54.3 Å². The zero-order valence-corrected chi connectivity index (χ0v) is 16.0. The van der Waals surface area contributed by atoms with E-state index in [0.717, 1.165) is 33.6 Å². The van der Waals surface area contributed by atoms with Gasteiger partial charge in [0.2, 0.25) is 0 Å². The molecule has 2 rings (SSSR count). The minimum absolute atomic E-state index is 0.493. The van der Waals surface area contributed by atoms with Crippen LogP contribution in [0.3, 0.4) is 0 Å². The van der Waals surface area contributed by atoms with E-state index in [2.05, 4.69) is 10.2 Å². The van der Waals surface area contributed by atoms with Gasteiger partial charge in [0.25, 0.3) is 0 Å². The Balaban J connectivity index is 2.11. The number of azo groups is 1. The molecule has 0 amide bonds. The molecule has 0 unspecified atom stereocenters. The van der Waals surface area contributed by atoms with Gasteiger partial charge in [0.15, 0.2) is 0 Å². The number of benzene rings is 2. The first kappa shape index (κ1) is 20.2. The van der Waals surface area contributed by atoms with Gasteiger partial charge in [-0.2, -0.15) is 20.4 Å².